The highest BCUT2D eigenvalue weighted by atomic mass is 19.1. The fraction of sp³-hybridized carbons (Fsp3) is 0.143. The van der Waals surface area contributed by atoms with Gasteiger partial charge in [-0.25, -0.2) is 4.39 Å². The lowest BCUT2D eigenvalue weighted by Crippen LogP contribution is -1.92. The molecule has 2 N–H and O–H groups in total. The van der Waals surface area contributed by atoms with Crippen LogP contribution in [-0.4, -0.2) is 5.21 Å². The van der Waals surface area contributed by atoms with Gasteiger partial charge in [0, 0.05) is 0 Å². The molecule has 10 heavy (non-hydrogen) atoms. The van der Waals surface area contributed by atoms with Crippen molar-refractivity contribution in [2.24, 2.45) is 0 Å². The van der Waals surface area contributed by atoms with Crippen molar-refractivity contribution in [3.63, 3.8) is 0 Å². The number of hydrogen-bond acceptors (Lipinski definition) is 2. The summed E-state index contributed by atoms with van der Waals surface area (Å²) < 4.78 is 12.4. The molecule has 3 heteroatoms. The zero-order valence-corrected chi connectivity index (χ0v) is 5.56. The summed E-state index contributed by atoms with van der Waals surface area (Å²) in [6.45, 7) is 1.78. The molecule has 0 saturated carbocycles. The summed E-state index contributed by atoms with van der Waals surface area (Å²) in [6, 6.07) is 4.17. The lowest BCUT2D eigenvalue weighted by Gasteiger charge is -2.01. The molecule has 1 aromatic carbocycles. The molecular formula is C7H8FNO. The maximum absolute atomic E-state index is 12.4. The highest BCUT2D eigenvalue weighted by Gasteiger charge is 1.96. The maximum atomic E-state index is 12.4. The highest BCUT2D eigenvalue weighted by molar-refractivity contribution is 5.48. The van der Waals surface area contributed by atoms with E-state index >= 15 is 0 Å². The minimum atomic E-state index is -0.359. The first-order valence-corrected chi connectivity index (χ1v) is 2.90. The minimum Gasteiger partial charge on any atom is -0.291 e. The van der Waals surface area contributed by atoms with Crippen molar-refractivity contribution in [3.05, 3.63) is 29.6 Å². The van der Waals surface area contributed by atoms with Gasteiger partial charge < -0.3 is 0 Å². The molecule has 0 aromatic heterocycles. The second-order valence-electron chi connectivity index (χ2n) is 2.07. The van der Waals surface area contributed by atoms with Crippen LogP contribution in [0.4, 0.5) is 10.1 Å². The van der Waals surface area contributed by atoms with Gasteiger partial charge in [0.05, 0.1) is 5.69 Å². The van der Waals surface area contributed by atoms with Gasteiger partial charge in [-0.3, -0.25) is 10.7 Å². The largest absolute Gasteiger partial charge is 0.291 e. The molecule has 0 aliphatic rings. The molecule has 0 saturated heterocycles. The van der Waals surface area contributed by atoms with Crippen molar-refractivity contribution in [1.82, 2.24) is 0 Å². The molecule has 0 aliphatic heterocycles. The third-order valence-electron chi connectivity index (χ3n) is 1.32. The zero-order chi connectivity index (χ0) is 7.56. The van der Waals surface area contributed by atoms with Gasteiger partial charge in [-0.05, 0) is 24.6 Å². The molecule has 0 heterocycles. The summed E-state index contributed by atoms with van der Waals surface area (Å²) in [5.74, 6) is -0.359. The Morgan fingerprint density at radius 3 is 2.70 bits per heavy atom. The SMILES string of the molecule is Cc1ccc(F)cc1NO. The van der Waals surface area contributed by atoms with E-state index in [4.69, 9.17) is 5.21 Å². The van der Waals surface area contributed by atoms with Crippen LogP contribution in [0, 0.1) is 12.7 Å². The van der Waals surface area contributed by atoms with E-state index in [1.165, 1.54) is 12.1 Å². The average Bonchev–Trinajstić information content (AvgIpc) is 1.94. The summed E-state index contributed by atoms with van der Waals surface area (Å²) in [5, 5.41) is 8.43. The topological polar surface area (TPSA) is 32.3 Å². The lowest BCUT2D eigenvalue weighted by atomic mass is 10.2. The fourth-order valence-electron chi connectivity index (χ4n) is 0.715. The van der Waals surface area contributed by atoms with Crippen LogP contribution in [-0.2, 0) is 0 Å². The van der Waals surface area contributed by atoms with E-state index in [1.54, 1.807) is 13.0 Å². The molecule has 0 fully saturated rings. The van der Waals surface area contributed by atoms with Gasteiger partial charge in [0.2, 0.25) is 0 Å². The molecule has 0 aliphatic carbocycles. The zero-order valence-electron chi connectivity index (χ0n) is 5.56. The van der Waals surface area contributed by atoms with E-state index < -0.39 is 0 Å². The second kappa shape index (κ2) is 2.66. The van der Waals surface area contributed by atoms with Crippen LogP contribution in [0.3, 0.4) is 0 Å². The van der Waals surface area contributed by atoms with Crippen molar-refractivity contribution in [2.75, 3.05) is 5.48 Å². The van der Waals surface area contributed by atoms with Gasteiger partial charge in [-0.15, -0.1) is 0 Å². The Balaban J connectivity index is 3.09. The number of rotatable bonds is 1. The standard InChI is InChI=1S/C7H8FNO/c1-5-2-3-6(8)4-7(5)9-10/h2-4,9-10H,1H3. The first kappa shape index (κ1) is 7.02. The van der Waals surface area contributed by atoms with Gasteiger partial charge in [0.25, 0.3) is 0 Å². The summed E-state index contributed by atoms with van der Waals surface area (Å²) in [4.78, 5) is 0. The van der Waals surface area contributed by atoms with Crippen molar-refractivity contribution in [3.8, 4) is 0 Å². The molecule has 54 valence electrons. The third-order valence-corrected chi connectivity index (χ3v) is 1.32. The molecule has 1 aromatic rings. The number of anilines is 1. The van der Waals surface area contributed by atoms with Gasteiger partial charge in [-0.1, -0.05) is 6.07 Å². The first-order chi connectivity index (χ1) is 4.74. The summed E-state index contributed by atoms with van der Waals surface area (Å²) in [7, 11) is 0. The molecule has 1 rings (SSSR count). The average molecular weight is 141 g/mol. The molecule has 0 atom stereocenters. The van der Waals surface area contributed by atoms with E-state index in [0.717, 1.165) is 5.56 Å². The van der Waals surface area contributed by atoms with Gasteiger partial charge in [0.1, 0.15) is 5.82 Å². The number of hydrogen-bond donors (Lipinski definition) is 2. The summed E-state index contributed by atoms with van der Waals surface area (Å²) in [6.07, 6.45) is 0. The van der Waals surface area contributed by atoms with E-state index in [0.29, 0.717) is 5.69 Å². The quantitative estimate of drug-likeness (QED) is 0.586. The Hall–Kier alpha value is -1.09. The van der Waals surface area contributed by atoms with E-state index in [2.05, 4.69) is 0 Å². The molecule has 0 bridgehead atoms. The Labute approximate surface area is 58.3 Å². The van der Waals surface area contributed by atoms with Crippen molar-refractivity contribution in [2.45, 2.75) is 6.92 Å². The van der Waals surface area contributed by atoms with Gasteiger partial charge in [0.15, 0.2) is 0 Å². The molecule has 2 nitrogen and oxygen atoms in total. The predicted molar refractivity (Wildman–Crippen MR) is 36.5 cm³/mol. The van der Waals surface area contributed by atoms with Crippen LogP contribution in [0.5, 0.6) is 0 Å². The Kier molecular flexibility index (Phi) is 1.87. The fourth-order valence-corrected chi connectivity index (χ4v) is 0.715. The van der Waals surface area contributed by atoms with Crippen molar-refractivity contribution >= 4 is 5.69 Å². The second-order valence-corrected chi connectivity index (χ2v) is 2.07. The molecule has 0 unspecified atom stereocenters. The number of aryl methyl sites for hydroxylation is 1. The Bertz CT molecular complexity index is 237. The van der Waals surface area contributed by atoms with Crippen molar-refractivity contribution in [1.29, 1.82) is 0 Å². The number of benzene rings is 1. The van der Waals surface area contributed by atoms with Crippen LogP contribution in [0.15, 0.2) is 18.2 Å². The number of halogens is 1. The third kappa shape index (κ3) is 1.25. The van der Waals surface area contributed by atoms with E-state index in [-0.39, 0.29) is 5.82 Å². The molecule has 0 radical (unpaired) electrons. The van der Waals surface area contributed by atoms with Crippen molar-refractivity contribution < 1.29 is 9.60 Å². The van der Waals surface area contributed by atoms with E-state index in [9.17, 15) is 4.39 Å². The number of nitrogens with one attached hydrogen (secondary N) is 1. The smallest absolute Gasteiger partial charge is 0.125 e. The van der Waals surface area contributed by atoms with Crippen LogP contribution in [0.25, 0.3) is 0 Å². The monoisotopic (exact) mass is 141 g/mol. The summed E-state index contributed by atoms with van der Waals surface area (Å²) in [5.41, 5.74) is 3.11. The minimum absolute atomic E-state index is 0.359. The van der Waals surface area contributed by atoms with Crippen LogP contribution >= 0.6 is 0 Å². The maximum Gasteiger partial charge on any atom is 0.125 e. The lowest BCUT2D eigenvalue weighted by molar-refractivity contribution is 0.388. The van der Waals surface area contributed by atoms with Gasteiger partial charge in [-0.2, -0.15) is 0 Å². The van der Waals surface area contributed by atoms with Crippen LogP contribution in [0.2, 0.25) is 0 Å². The van der Waals surface area contributed by atoms with Gasteiger partial charge >= 0.3 is 0 Å². The molecule has 0 spiro atoms. The Morgan fingerprint density at radius 2 is 2.20 bits per heavy atom. The molecular weight excluding hydrogens is 133 g/mol. The van der Waals surface area contributed by atoms with Crippen LogP contribution < -0.4 is 5.48 Å². The predicted octanol–water partition coefficient (Wildman–Crippen LogP) is 1.94. The Morgan fingerprint density at radius 1 is 1.50 bits per heavy atom. The van der Waals surface area contributed by atoms with Crippen LogP contribution in [0.1, 0.15) is 5.56 Å². The summed E-state index contributed by atoms with van der Waals surface area (Å²) >= 11 is 0. The highest BCUT2D eigenvalue weighted by Crippen LogP contribution is 2.14. The van der Waals surface area contributed by atoms with E-state index in [1.807, 2.05) is 5.48 Å². The molecule has 0 amide bonds. The first-order valence-electron chi connectivity index (χ1n) is 2.90. The normalized spacial score (nSPS) is 9.50.